The number of ether oxygens (including phenoxy) is 3. The van der Waals surface area contributed by atoms with Gasteiger partial charge >= 0.3 is 11.7 Å². The van der Waals surface area contributed by atoms with Crippen LogP contribution < -0.4 is 5.69 Å². The molecule has 10 heteroatoms. The number of carbonyl (C=O) groups excluding carboxylic acids is 1. The molecule has 3 aromatic rings. The van der Waals surface area contributed by atoms with Crippen LogP contribution in [0.1, 0.15) is 55.1 Å². The third-order valence-electron chi connectivity index (χ3n) is 4.84. The van der Waals surface area contributed by atoms with E-state index in [0.29, 0.717) is 25.6 Å². The van der Waals surface area contributed by atoms with Crippen molar-refractivity contribution in [3.63, 3.8) is 0 Å². The minimum atomic E-state index is -0.895. The van der Waals surface area contributed by atoms with Gasteiger partial charge in [-0.3, -0.25) is 4.57 Å². The van der Waals surface area contributed by atoms with E-state index in [1.807, 2.05) is 30.3 Å². The Morgan fingerprint density at radius 1 is 1.17 bits per heavy atom. The maximum atomic E-state index is 15.1. The van der Waals surface area contributed by atoms with E-state index in [1.54, 1.807) is 27.7 Å². The summed E-state index contributed by atoms with van der Waals surface area (Å²) in [5, 5.41) is 4.27. The second-order valence-corrected chi connectivity index (χ2v) is 7.77. The van der Waals surface area contributed by atoms with Crippen LogP contribution in [0.4, 0.5) is 4.39 Å². The van der Waals surface area contributed by atoms with Crippen LogP contribution >= 0.6 is 0 Å². The lowest BCUT2D eigenvalue weighted by Crippen LogP contribution is -2.26. The topological polar surface area (TPSA) is 97.5 Å². The summed E-state index contributed by atoms with van der Waals surface area (Å²) < 4.78 is 33.5. The molecule has 186 valence electrons. The first-order valence-electron chi connectivity index (χ1n) is 11.4. The van der Waals surface area contributed by atoms with E-state index in [2.05, 4.69) is 10.1 Å². The van der Waals surface area contributed by atoms with Gasteiger partial charge in [0.15, 0.2) is 17.5 Å². The fourth-order valence-corrected chi connectivity index (χ4v) is 3.25. The first kappa shape index (κ1) is 25.8. The minimum absolute atomic E-state index is 0.0441. The number of aromatic nitrogens is 4. The molecule has 2 heterocycles. The zero-order valence-corrected chi connectivity index (χ0v) is 20.2. The van der Waals surface area contributed by atoms with Crippen LogP contribution in [0.2, 0.25) is 0 Å². The fraction of sp³-hybridized carbons (Fsp3) is 0.360. The summed E-state index contributed by atoms with van der Waals surface area (Å²) in [5.74, 6) is -1.66. The van der Waals surface area contributed by atoms with Crippen molar-refractivity contribution in [2.45, 2.75) is 53.6 Å². The van der Waals surface area contributed by atoms with E-state index < -0.39 is 23.6 Å². The van der Waals surface area contributed by atoms with E-state index >= 15 is 4.39 Å². The number of benzene rings is 1. The molecule has 2 aromatic heterocycles. The predicted molar refractivity (Wildman–Crippen MR) is 127 cm³/mol. The number of rotatable bonds is 11. The molecular formula is C25H29FN4O5. The van der Waals surface area contributed by atoms with Crippen LogP contribution in [-0.4, -0.2) is 38.0 Å². The van der Waals surface area contributed by atoms with Gasteiger partial charge in [-0.25, -0.2) is 19.0 Å². The van der Waals surface area contributed by atoms with Crippen LogP contribution in [0.25, 0.3) is 11.9 Å². The highest BCUT2D eigenvalue weighted by Crippen LogP contribution is 2.18. The molecule has 3 rings (SSSR count). The Hall–Kier alpha value is -3.79. The Morgan fingerprint density at radius 3 is 2.57 bits per heavy atom. The summed E-state index contributed by atoms with van der Waals surface area (Å²) in [6.45, 7) is 8.01. The zero-order valence-electron chi connectivity index (χ0n) is 20.2. The van der Waals surface area contributed by atoms with Crippen LogP contribution in [0.5, 0.6) is 0 Å². The Balaban J connectivity index is 1.97. The molecule has 0 atom stereocenters. The van der Waals surface area contributed by atoms with Crippen molar-refractivity contribution >= 4 is 12.0 Å². The Labute approximate surface area is 202 Å². The summed E-state index contributed by atoms with van der Waals surface area (Å²) in [4.78, 5) is 29.7. The van der Waals surface area contributed by atoms with Gasteiger partial charge < -0.3 is 14.2 Å². The zero-order chi connectivity index (χ0) is 25.4. The number of esters is 1. The molecular weight excluding hydrogens is 455 g/mol. The second kappa shape index (κ2) is 12.1. The molecule has 0 radical (unpaired) electrons. The number of nitrogens with zero attached hydrogens (tertiary/aromatic N) is 4. The molecule has 0 unspecified atom stereocenters. The van der Waals surface area contributed by atoms with E-state index in [0.717, 1.165) is 16.3 Å². The van der Waals surface area contributed by atoms with Crippen molar-refractivity contribution in [2.75, 3.05) is 6.61 Å². The molecule has 0 bridgehead atoms. The maximum absolute atomic E-state index is 15.1. The smallest absolute Gasteiger partial charge is 0.352 e. The third kappa shape index (κ3) is 6.42. The average Bonchev–Trinajstić information content (AvgIpc) is 3.15. The molecule has 0 amide bonds. The van der Waals surface area contributed by atoms with Gasteiger partial charge in [0.25, 0.3) is 0 Å². The lowest BCUT2D eigenvalue weighted by molar-refractivity contribution is 0.0376. The molecule has 0 aliphatic heterocycles. The summed E-state index contributed by atoms with van der Waals surface area (Å²) in [5.41, 5.74) is 0.389. The van der Waals surface area contributed by atoms with Gasteiger partial charge in [-0.2, -0.15) is 4.68 Å². The molecule has 0 saturated heterocycles. The van der Waals surface area contributed by atoms with E-state index in [-0.39, 0.29) is 23.7 Å². The Bertz CT molecular complexity index is 1230. The largest absolute Gasteiger partial charge is 0.501 e. The summed E-state index contributed by atoms with van der Waals surface area (Å²) in [7, 11) is 0. The number of carbonyl (C=O) groups is 1. The summed E-state index contributed by atoms with van der Waals surface area (Å²) in [6, 6.07) is 10.6. The number of hydrogen-bond donors (Lipinski definition) is 0. The van der Waals surface area contributed by atoms with Gasteiger partial charge in [0, 0.05) is 6.54 Å². The van der Waals surface area contributed by atoms with Gasteiger partial charge in [-0.05, 0) is 45.4 Å². The quantitative estimate of drug-likeness (QED) is 0.301. The van der Waals surface area contributed by atoms with Crippen molar-refractivity contribution in [3.8, 4) is 5.82 Å². The maximum Gasteiger partial charge on any atom is 0.352 e. The van der Waals surface area contributed by atoms with Crippen molar-refractivity contribution < 1.29 is 23.4 Å². The third-order valence-corrected chi connectivity index (χ3v) is 4.84. The van der Waals surface area contributed by atoms with Gasteiger partial charge in [0.2, 0.25) is 0 Å². The predicted octanol–water partition coefficient (Wildman–Crippen LogP) is 3.88. The van der Waals surface area contributed by atoms with E-state index in [1.165, 1.54) is 16.9 Å². The second-order valence-electron chi connectivity index (χ2n) is 7.77. The van der Waals surface area contributed by atoms with Crippen molar-refractivity contribution in [1.82, 2.24) is 19.3 Å². The Kier molecular flexibility index (Phi) is 8.91. The highest BCUT2D eigenvalue weighted by atomic mass is 19.1. The highest BCUT2D eigenvalue weighted by Gasteiger charge is 2.23. The van der Waals surface area contributed by atoms with Gasteiger partial charge in [-0.1, -0.05) is 30.3 Å². The lowest BCUT2D eigenvalue weighted by Gasteiger charge is -2.11. The lowest BCUT2D eigenvalue weighted by atomic mass is 10.1. The molecule has 1 aromatic carbocycles. The molecule has 0 N–H and O–H groups in total. The molecule has 0 aliphatic rings. The monoisotopic (exact) mass is 484 g/mol. The van der Waals surface area contributed by atoms with Crippen LogP contribution in [-0.2, 0) is 34.0 Å². The molecule has 0 spiro atoms. The number of pyridine rings is 1. The van der Waals surface area contributed by atoms with Crippen molar-refractivity contribution in [3.05, 3.63) is 81.6 Å². The average molecular weight is 485 g/mol. The summed E-state index contributed by atoms with van der Waals surface area (Å²) >= 11 is 0. The molecule has 0 fully saturated rings. The van der Waals surface area contributed by atoms with E-state index in [9.17, 15) is 9.59 Å². The van der Waals surface area contributed by atoms with Gasteiger partial charge in [0.05, 0.1) is 36.8 Å². The van der Waals surface area contributed by atoms with Crippen molar-refractivity contribution in [2.24, 2.45) is 0 Å². The molecule has 0 saturated carbocycles. The summed E-state index contributed by atoms with van der Waals surface area (Å²) in [6.07, 6.45) is 2.34. The van der Waals surface area contributed by atoms with Crippen LogP contribution in [0.15, 0.2) is 47.5 Å². The fourth-order valence-electron chi connectivity index (χ4n) is 3.25. The first-order chi connectivity index (χ1) is 16.8. The highest BCUT2D eigenvalue weighted by molar-refractivity contribution is 5.93. The SMILES string of the molecule is CCOC=Cc1nc(-n2nc(COCc3ccccc3)n(CC)c2=O)c(F)cc1C(=O)OC(C)C. The van der Waals surface area contributed by atoms with Crippen molar-refractivity contribution in [1.29, 1.82) is 0 Å². The van der Waals surface area contributed by atoms with E-state index in [4.69, 9.17) is 14.2 Å². The minimum Gasteiger partial charge on any atom is -0.501 e. The standard InChI is InChI=1S/C25H29FN4O5/c1-5-29-22(16-34-15-18-10-8-7-9-11-18)28-30(25(29)32)23-20(26)14-19(24(31)35-17(3)4)21(27-23)12-13-33-6-2/h7-14,17H,5-6,15-16H2,1-4H3. The Morgan fingerprint density at radius 2 is 1.91 bits per heavy atom. The van der Waals surface area contributed by atoms with Crippen LogP contribution in [0.3, 0.4) is 0 Å². The van der Waals surface area contributed by atoms with Gasteiger partial charge in [0.1, 0.15) is 6.61 Å². The molecule has 35 heavy (non-hydrogen) atoms. The molecule has 0 aliphatic carbocycles. The first-order valence-corrected chi connectivity index (χ1v) is 11.4. The van der Waals surface area contributed by atoms with Crippen LogP contribution in [0, 0.1) is 5.82 Å². The van der Waals surface area contributed by atoms with Gasteiger partial charge in [-0.15, -0.1) is 5.10 Å². The number of halogens is 1. The number of hydrogen-bond acceptors (Lipinski definition) is 7. The normalized spacial score (nSPS) is 11.4. The molecule has 9 nitrogen and oxygen atoms in total.